The van der Waals surface area contributed by atoms with Gasteiger partial charge in [0.05, 0.1) is 0 Å². The van der Waals surface area contributed by atoms with Crippen LogP contribution in [0.1, 0.15) is 33.6 Å². The first-order valence-corrected chi connectivity index (χ1v) is 10.7. The van der Waals surface area contributed by atoms with Crippen LogP contribution >= 0.6 is 0 Å². The molecule has 1 atom stereocenters. The van der Waals surface area contributed by atoms with Crippen LogP contribution in [-0.2, 0) is 17.1 Å². The molecule has 1 aromatic heterocycles. The van der Waals surface area contributed by atoms with Crippen LogP contribution in [0.2, 0.25) is 0 Å². The second-order valence-corrected chi connectivity index (χ2v) is 8.26. The molecule has 144 valence electrons. The number of aromatic nitrogens is 2. The van der Waals surface area contributed by atoms with Gasteiger partial charge in [-0.05, 0) is 39.4 Å². The standard InChI is InChI=1S/C19H30N4O2S/c1-5-23(6-2)14-10-11-16(3)21-26(24,25)18-15-22(4)20-19(18)17-12-8-7-9-13-17/h7-9,12-13,15-16,21H,5-6,10-11,14H2,1-4H3. The van der Waals surface area contributed by atoms with E-state index in [-0.39, 0.29) is 10.9 Å². The molecule has 0 saturated carbocycles. The molecule has 2 aromatic rings. The minimum absolute atomic E-state index is 0.126. The van der Waals surface area contributed by atoms with Crippen molar-refractivity contribution in [2.75, 3.05) is 19.6 Å². The molecule has 1 N–H and O–H groups in total. The van der Waals surface area contributed by atoms with Crippen LogP contribution in [0, 0.1) is 0 Å². The monoisotopic (exact) mass is 378 g/mol. The maximum Gasteiger partial charge on any atom is 0.244 e. The largest absolute Gasteiger partial charge is 0.304 e. The lowest BCUT2D eigenvalue weighted by Gasteiger charge is -2.19. The second-order valence-electron chi connectivity index (χ2n) is 6.57. The van der Waals surface area contributed by atoms with Gasteiger partial charge in [-0.25, -0.2) is 13.1 Å². The Hall–Kier alpha value is -1.70. The Bertz CT molecular complexity index is 783. The lowest BCUT2D eigenvalue weighted by molar-refractivity contribution is 0.293. The molecular weight excluding hydrogens is 348 g/mol. The smallest absolute Gasteiger partial charge is 0.244 e. The van der Waals surface area contributed by atoms with Crippen LogP contribution in [0.3, 0.4) is 0 Å². The van der Waals surface area contributed by atoms with Gasteiger partial charge in [0.15, 0.2) is 0 Å². The molecule has 26 heavy (non-hydrogen) atoms. The molecule has 0 aliphatic heterocycles. The Morgan fingerprint density at radius 1 is 1.19 bits per heavy atom. The first-order valence-electron chi connectivity index (χ1n) is 9.21. The zero-order valence-corrected chi connectivity index (χ0v) is 17.0. The van der Waals surface area contributed by atoms with Crippen LogP contribution in [-0.4, -0.2) is 48.8 Å². The van der Waals surface area contributed by atoms with Crippen molar-refractivity contribution in [1.29, 1.82) is 0 Å². The van der Waals surface area contributed by atoms with E-state index in [1.807, 2.05) is 37.3 Å². The first kappa shape index (κ1) is 20.6. The van der Waals surface area contributed by atoms with E-state index in [2.05, 4.69) is 28.6 Å². The van der Waals surface area contributed by atoms with E-state index < -0.39 is 10.0 Å². The number of nitrogens with one attached hydrogen (secondary N) is 1. The van der Waals surface area contributed by atoms with Crippen LogP contribution < -0.4 is 4.72 Å². The molecule has 7 heteroatoms. The Morgan fingerprint density at radius 3 is 2.46 bits per heavy atom. The fourth-order valence-electron chi connectivity index (χ4n) is 3.01. The van der Waals surface area contributed by atoms with Gasteiger partial charge in [0.2, 0.25) is 10.0 Å². The highest BCUT2D eigenvalue weighted by atomic mass is 32.2. The van der Waals surface area contributed by atoms with Gasteiger partial charge in [-0.3, -0.25) is 4.68 Å². The number of hydrogen-bond acceptors (Lipinski definition) is 4. The first-order chi connectivity index (χ1) is 12.4. The van der Waals surface area contributed by atoms with Crippen molar-refractivity contribution < 1.29 is 8.42 Å². The number of benzene rings is 1. The summed E-state index contributed by atoms with van der Waals surface area (Å²) in [5, 5.41) is 4.35. The zero-order valence-electron chi connectivity index (χ0n) is 16.1. The summed E-state index contributed by atoms with van der Waals surface area (Å²) >= 11 is 0. The van der Waals surface area contributed by atoms with Crippen LogP contribution in [0.4, 0.5) is 0 Å². The van der Waals surface area contributed by atoms with E-state index in [9.17, 15) is 8.42 Å². The molecule has 0 fully saturated rings. The van der Waals surface area contributed by atoms with Crippen molar-refractivity contribution >= 4 is 10.0 Å². The highest BCUT2D eigenvalue weighted by molar-refractivity contribution is 7.89. The lowest BCUT2D eigenvalue weighted by Crippen LogP contribution is -2.33. The topological polar surface area (TPSA) is 67.2 Å². The number of rotatable bonds is 10. The molecule has 0 bridgehead atoms. The van der Waals surface area contributed by atoms with Crippen LogP contribution in [0.25, 0.3) is 11.3 Å². The van der Waals surface area contributed by atoms with Crippen molar-refractivity contribution in [1.82, 2.24) is 19.4 Å². The van der Waals surface area contributed by atoms with E-state index in [4.69, 9.17) is 0 Å². The summed E-state index contributed by atoms with van der Waals surface area (Å²) < 4.78 is 30.1. The fourth-order valence-corrected chi connectivity index (χ4v) is 4.49. The average molecular weight is 379 g/mol. The molecule has 1 aromatic carbocycles. The third kappa shape index (κ3) is 5.40. The fraction of sp³-hybridized carbons (Fsp3) is 0.526. The summed E-state index contributed by atoms with van der Waals surface area (Å²) in [6.07, 6.45) is 3.33. The van der Waals surface area contributed by atoms with Crippen molar-refractivity contribution in [2.45, 2.75) is 44.6 Å². The molecule has 0 spiro atoms. The lowest BCUT2D eigenvalue weighted by atomic mass is 10.2. The van der Waals surface area contributed by atoms with Crippen LogP contribution in [0.15, 0.2) is 41.4 Å². The van der Waals surface area contributed by atoms with Crippen molar-refractivity contribution in [3.63, 3.8) is 0 Å². The minimum atomic E-state index is -3.63. The molecule has 0 saturated heterocycles. The molecule has 1 heterocycles. The summed E-state index contributed by atoms with van der Waals surface area (Å²) in [4.78, 5) is 2.57. The van der Waals surface area contributed by atoms with Crippen molar-refractivity contribution in [2.24, 2.45) is 7.05 Å². The predicted octanol–water partition coefficient (Wildman–Crippen LogP) is 2.88. The third-order valence-corrected chi connectivity index (χ3v) is 6.08. The highest BCUT2D eigenvalue weighted by Gasteiger charge is 2.24. The molecule has 6 nitrogen and oxygen atoms in total. The van der Waals surface area contributed by atoms with Gasteiger partial charge < -0.3 is 4.90 Å². The van der Waals surface area contributed by atoms with Crippen molar-refractivity contribution in [3.05, 3.63) is 36.5 Å². The van der Waals surface area contributed by atoms with Gasteiger partial charge in [0.1, 0.15) is 10.6 Å². The Kier molecular flexibility index (Phi) is 7.37. The molecule has 2 rings (SSSR count). The van der Waals surface area contributed by atoms with E-state index in [1.54, 1.807) is 17.9 Å². The highest BCUT2D eigenvalue weighted by Crippen LogP contribution is 2.25. The van der Waals surface area contributed by atoms with Gasteiger partial charge in [-0.1, -0.05) is 44.2 Å². The maximum atomic E-state index is 12.9. The van der Waals surface area contributed by atoms with Gasteiger partial charge in [-0.2, -0.15) is 5.10 Å². The quantitative estimate of drug-likeness (QED) is 0.690. The Morgan fingerprint density at radius 2 is 1.85 bits per heavy atom. The number of aryl methyl sites for hydroxylation is 1. The van der Waals surface area contributed by atoms with E-state index in [0.29, 0.717) is 5.69 Å². The zero-order chi connectivity index (χ0) is 19.2. The predicted molar refractivity (Wildman–Crippen MR) is 105 cm³/mol. The summed E-state index contributed by atoms with van der Waals surface area (Å²) in [7, 11) is -1.89. The number of sulfonamides is 1. The third-order valence-electron chi connectivity index (χ3n) is 4.49. The molecule has 0 aliphatic carbocycles. The summed E-state index contributed by atoms with van der Waals surface area (Å²) in [6, 6.07) is 9.27. The van der Waals surface area contributed by atoms with Gasteiger partial charge in [-0.15, -0.1) is 0 Å². The second kappa shape index (κ2) is 9.30. The number of nitrogens with zero attached hydrogens (tertiary/aromatic N) is 3. The summed E-state index contributed by atoms with van der Waals surface area (Å²) in [6.45, 7) is 9.23. The molecule has 0 radical (unpaired) electrons. The summed E-state index contributed by atoms with van der Waals surface area (Å²) in [5.41, 5.74) is 1.28. The van der Waals surface area contributed by atoms with E-state index in [0.717, 1.165) is 38.0 Å². The molecule has 0 aliphatic rings. The molecule has 0 amide bonds. The summed E-state index contributed by atoms with van der Waals surface area (Å²) in [5.74, 6) is 0. The van der Waals surface area contributed by atoms with E-state index in [1.165, 1.54) is 0 Å². The van der Waals surface area contributed by atoms with Gasteiger partial charge >= 0.3 is 0 Å². The van der Waals surface area contributed by atoms with Crippen molar-refractivity contribution in [3.8, 4) is 11.3 Å². The molecule has 1 unspecified atom stereocenters. The Balaban J connectivity index is 2.08. The molecular formula is C19H30N4O2S. The minimum Gasteiger partial charge on any atom is -0.304 e. The van der Waals surface area contributed by atoms with Crippen LogP contribution in [0.5, 0.6) is 0 Å². The SMILES string of the molecule is CCN(CC)CCCC(C)NS(=O)(=O)c1cn(C)nc1-c1ccccc1. The normalized spacial score (nSPS) is 13.3. The number of hydrogen-bond donors (Lipinski definition) is 1. The van der Waals surface area contributed by atoms with Gasteiger partial charge in [0.25, 0.3) is 0 Å². The van der Waals surface area contributed by atoms with Gasteiger partial charge in [0, 0.05) is 24.8 Å². The van der Waals surface area contributed by atoms with E-state index >= 15 is 0 Å². The average Bonchev–Trinajstić information content (AvgIpc) is 3.02. The Labute approximate surface area is 157 Å². The maximum absolute atomic E-state index is 12.9.